The molecule has 2 fully saturated rings. The minimum Gasteiger partial charge on any atom is -0.475 e. The lowest BCUT2D eigenvalue weighted by Crippen LogP contribution is -2.40. The van der Waals surface area contributed by atoms with E-state index in [1.807, 2.05) is 0 Å². The lowest BCUT2D eigenvalue weighted by molar-refractivity contribution is -0.192. The fraction of sp³-hybridized carbons (Fsp3) is 0.750. The normalized spacial score (nSPS) is 23.5. The molecule has 1 aromatic heterocycles. The summed E-state index contributed by atoms with van der Waals surface area (Å²) in [6, 6.07) is 0.502. The van der Waals surface area contributed by atoms with Gasteiger partial charge in [0.2, 0.25) is 0 Å². The van der Waals surface area contributed by atoms with Gasteiger partial charge in [-0.2, -0.15) is 17.5 Å². The van der Waals surface area contributed by atoms with Gasteiger partial charge in [-0.15, -0.1) is 0 Å². The summed E-state index contributed by atoms with van der Waals surface area (Å²) in [6.45, 7) is 7.10. The van der Waals surface area contributed by atoms with Crippen molar-refractivity contribution >= 4 is 16.0 Å². The Hall–Kier alpha value is -1.66. The molecule has 3 heterocycles. The molecule has 0 aromatic carbocycles. The van der Waals surface area contributed by atoms with E-state index < -0.39 is 22.2 Å². The second-order valence-corrected chi connectivity index (χ2v) is 9.23. The third-order valence-electron chi connectivity index (χ3n) is 4.74. The van der Waals surface area contributed by atoms with Crippen molar-refractivity contribution in [2.75, 3.05) is 19.6 Å². The van der Waals surface area contributed by atoms with E-state index in [1.54, 1.807) is 28.4 Å². The van der Waals surface area contributed by atoms with Gasteiger partial charge >= 0.3 is 12.1 Å². The first kappa shape index (κ1) is 22.6. The van der Waals surface area contributed by atoms with Crippen LogP contribution >= 0.6 is 0 Å². The fourth-order valence-corrected chi connectivity index (χ4v) is 5.34. The molecule has 2 aliphatic rings. The van der Waals surface area contributed by atoms with Crippen molar-refractivity contribution in [3.63, 3.8) is 0 Å². The standard InChI is InChI=1S/C14H24N4O2S.C2HF3O2/c1-11(2)8-17-6-4-13-12(17)5-7-18(13)21(19,20)14-9-16(3)10-15-14;3-2(4,5)1(6)7/h9-13H,4-8H2,1-3H3;(H,6,7)/t12-,13+;/m0./s1. The molecule has 2 saturated heterocycles. The SMILES string of the molecule is CC(C)CN1CC[C@@H]2[C@@H]1CCN2S(=O)(=O)c1cn(C)cn1.O=C(O)C(F)(F)F. The van der Waals surface area contributed by atoms with E-state index >= 15 is 0 Å². The number of likely N-dealkylation sites (tertiary alicyclic amines) is 1. The third-order valence-corrected chi connectivity index (χ3v) is 6.55. The number of imidazole rings is 1. The zero-order valence-corrected chi connectivity index (χ0v) is 16.7. The molecular weight excluding hydrogens is 401 g/mol. The molecule has 28 heavy (non-hydrogen) atoms. The Morgan fingerprint density at radius 3 is 2.32 bits per heavy atom. The van der Waals surface area contributed by atoms with E-state index in [9.17, 15) is 21.6 Å². The number of halogens is 3. The van der Waals surface area contributed by atoms with Crippen molar-refractivity contribution in [2.45, 2.75) is 50.0 Å². The fourth-order valence-electron chi connectivity index (χ4n) is 3.67. The molecule has 3 rings (SSSR count). The van der Waals surface area contributed by atoms with Gasteiger partial charge in [-0.3, -0.25) is 4.90 Å². The minimum atomic E-state index is -5.08. The highest BCUT2D eigenvalue weighted by Crippen LogP contribution is 2.35. The van der Waals surface area contributed by atoms with Crippen LogP contribution in [0.3, 0.4) is 0 Å². The second-order valence-electron chi connectivity index (χ2n) is 7.40. The molecule has 160 valence electrons. The summed E-state index contributed by atoms with van der Waals surface area (Å²) in [5, 5.41) is 7.30. The number of rotatable bonds is 4. The van der Waals surface area contributed by atoms with E-state index in [1.165, 1.54) is 0 Å². The summed E-state index contributed by atoms with van der Waals surface area (Å²) in [4.78, 5) is 15.4. The molecule has 0 bridgehead atoms. The number of alkyl halides is 3. The molecule has 0 unspecified atom stereocenters. The van der Waals surface area contributed by atoms with Crippen LogP contribution in [0.25, 0.3) is 0 Å². The van der Waals surface area contributed by atoms with E-state index in [0.29, 0.717) is 18.5 Å². The van der Waals surface area contributed by atoms with Gasteiger partial charge in [0, 0.05) is 45.0 Å². The first-order valence-corrected chi connectivity index (χ1v) is 10.3. The summed E-state index contributed by atoms with van der Waals surface area (Å²) in [5.74, 6) is -2.14. The Kier molecular flexibility index (Phi) is 6.77. The van der Waals surface area contributed by atoms with Gasteiger partial charge < -0.3 is 9.67 Å². The number of hydrogen-bond donors (Lipinski definition) is 1. The van der Waals surface area contributed by atoms with Crippen molar-refractivity contribution in [1.82, 2.24) is 18.8 Å². The number of nitrogens with zero attached hydrogens (tertiary/aromatic N) is 4. The first-order valence-electron chi connectivity index (χ1n) is 8.88. The smallest absolute Gasteiger partial charge is 0.475 e. The lowest BCUT2D eigenvalue weighted by atomic mass is 10.1. The predicted octanol–water partition coefficient (Wildman–Crippen LogP) is 1.55. The Morgan fingerprint density at radius 1 is 1.29 bits per heavy atom. The van der Waals surface area contributed by atoms with Crippen LogP contribution in [0.2, 0.25) is 0 Å². The average Bonchev–Trinajstić information content (AvgIpc) is 3.24. The van der Waals surface area contributed by atoms with Gasteiger partial charge in [0.1, 0.15) is 0 Å². The summed E-state index contributed by atoms with van der Waals surface area (Å²) in [7, 11) is -1.66. The van der Waals surface area contributed by atoms with Crippen LogP contribution < -0.4 is 0 Å². The number of aromatic nitrogens is 2. The van der Waals surface area contributed by atoms with Crippen LogP contribution in [0, 0.1) is 5.92 Å². The molecule has 0 saturated carbocycles. The number of carboxylic acids is 1. The van der Waals surface area contributed by atoms with Gasteiger partial charge in [0.25, 0.3) is 10.0 Å². The Morgan fingerprint density at radius 2 is 1.86 bits per heavy atom. The summed E-state index contributed by atoms with van der Waals surface area (Å²) in [5.41, 5.74) is 0. The molecule has 1 N–H and O–H groups in total. The highest BCUT2D eigenvalue weighted by atomic mass is 32.2. The molecule has 2 aliphatic heterocycles. The molecule has 1 aromatic rings. The zero-order valence-electron chi connectivity index (χ0n) is 15.9. The quantitative estimate of drug-likeness (QED) is 0.785. The molecule has 12 heteroatoms. The Balaban J connectivity index is 0.000000345. The molecule has 0 radical (unpaired) electrons. The summed E-state index contributed by atoms with van der Waals surface area (Å²) >= 11 is 0. The maximum atomic E-state index is 12.8. The number of hydrogen-bond acceptors (Lipinski definition) is 5. The average molecular weight is 426 g/mol. The number of carboxylic acid groups (broad SMARTS) is 1. The molecule has 8 nitrogen and oxygen atoms in total. The van der Waals surface area contributed by atoms with E-state index in [-0.39, 0.29) is 11.1 Å². The van der Waals surface area contributed by atoms with Crippen LogP contribution in [0.4, 0.5) is 13.2 Å². The molecular formula is C16H25F3N4O4S. The Labute approximate surface area is 162 Å². The first-order chi connectivity index (χ1) is 12.8. The summed E-state index contributed by atoms with van der Waals surface area (Å²) in [6.07, 6.45) is -0.0868. The van der Waals surface area contributed by atoms with E-state index in [0.717, 1.165) is 25.9 Å². The van der Waals surface area contributed by atoms with Crippen LogP contribution in [0.1, 0.15) is 26.7 Å². The number of fused-ring (bicyclic) bond motifs is 1. The molecule has 0 spiro atoms. The number of aryl methyl sites for hydroxylation is 1. The Bertz CT molecular complexity index is 794. The van der Waals surface area contributed by atoms with Crippen LogP contribution in [-0.4, -0.2) is 76.1 Å². The number of aliphatic carboxylic acids is 1. The number of sulfonamides is 1. The van der Waals surface area contributed by atoms with Crippen molar-refractivity contribution < 1.29 is 31.5 Å². The van der Waals surface area contributed by atoms with Crippen LogP contribution in [-0.2, 0) is 21.9 Å². The van der Waals surface area contributed by atoms with Gasteiger partial charge in [0.15, 0.2) is 5.03 Å². The topological polar surface area (TPSA) is 95.7 Å². The van der Waals surface area contributed by atoms with E-state index in [2.05, 4.69) is 23.7 Å². The van der Waals surface area contributed by atoms with Crippen LogP contribution in [0.15, 0.2) is 17.6 Å². The highest BCUT2D eigenvalue weighted by molar-refractivity contribution is 7.89. The second kappa shape index (κ2) is 8.37. The number of carbonyl (C=O) groups is 1. The monoisotopic (exact) mass is 426 g/mol. The van der Waals surface area contributed by atoms with E-state index in [4.69, 9.17) is 9.90 Å². The van der Waals surface area contributed by atoms with Crippen molar-refractivity contribution in [3.05, 3.63) is 12.5 Å². The highest BCUT2D eigenvalue weighted by Gasteiger charge is 2.47. The zero-order chi connectivity index (χ0) is 21.3. The van der Waals surface area contributed by atoms with Crippen molar-refractivity contribution in [2.24, 2.45) is 13.0 Å². The predicted molar refractivity (Wildman–Crippen MR) is 94.0 cm³/mol. The largest absolute Gasteiger partial charge is 0.490 e. The van der Waals surface area contributed by atoms with Gasteiger partial charge in [-0.1, -0.05) is 13.8 Å². The third kappa shape index (κ3) is 5.03. The van der Waals surface area contributed by atoms with Gasteiger partial charge in [-0.25, -0.2) is 18.2 Å². The van der Waals surface area contributed by atoms with Crippen molar-refractivity contribution in [3.8, 4) is 0 Å². The van der Waals surface area contributed by atoms with Gasteiger partial charge in [0.05, 0.1) is 6.33 Å². The van der Waals surface area contributed by atoms with Crippen molar-refractivity contribution in [1.29, 1.82) is 0 Å². The molecule has 0 amide bonds. The maximum absolute atomic E-state index is 12.8. The lowest BCUT2D eigenvalue weighted by Gasteiger charge is -2.26. The maximum Gasteiger partial charge on any atom is 0.490 e. The minimum absolute atomic E-state index is 0.121. The summed E-state index contributed by atoms with van der Waals surface area (Å²) < 4.78 is 60.6. The van der Waals surface area contributed by atoms with Crippen LogP contribution in [0.5, 0.6) is 0 Å². The van der Waals surface area contributed by atoms with Gasteiger partial charge in [-0.05, 0) is 18.8 Å². The molecule has 2 atom stereocenters. The molecule has 0 aliphatic carbocycles.